The van der Waals surface area contributed by atoms with Crippen molar-refractivity contribution >= 4 is 11.6 Å². The van der Waals surface area contributed by atoms with Crippen molar-refractivity contribution in [1.29, 1.82) is 0 Å². The average Bonchev–Trinajstić information content (AvgIpc) is 2.63. The molecule has 0 bridgehead atoms. The molecule has 4 nitrogen and oxygen atoms in total. The molecule has 1 heterocycles. The van der Waals surface area contributed by atoms with E-state index >= 15 is 0 Å². The first-order valence-electron chi connectivity index (χ1n) is 8.98. The molecule has 0 radical (unpaired) electrons. The molecule has 2 aromatic rings. The van der Waals surface area contributed by atoms with E-state index in [9.17, 15) is 17.6 Å². The molecule has 9 heteroatoms. The van der Waals surface area contributed by atoms with Gasteiger partial charge >= 0.3 is 6.18 Å². The van der Waals surface area contributed by atoms with E-state index in [2.05, 4.69) is 10.3 Å². The Balaban J connectivity index is 2.61. The Morgan fingerprint density at radius 3 is 2.45 bits per heavy atom. The minimum atomic E-state index is -4.55. The monoisotopic (exact) mass is 433 g/mol. The van der Waals surface area contributed by atoms with Gasteiger partial charge in [0.25, 0.3) is 0 Å². The predicted octanol–water partition coefficient (Wildman–Crippen LogP) is 4.62. The lowest BCUT2D eigenvalue weighted by Gasteiger charge is -2.29. The van der Waals surface area contributed by atoms with E-state index in [-0.39, 0.29) is 16.4 Å². The zero-order chi connectivity index (χ0) is 21.8. The van der Waals surface area contributed by atoms with Gasteiger partial charge in [-0.3, -0.25) is 4.98 Å². The molecule has 1 aromatic carbocycles. The van der Waals surface area contributed by atoms with Crippen LogP contribution in [-0.2, 0) is 10.3 Å². The minimum Gasteiger partial charge on any atom is -0.383 e. The highest BCUT2D eigenvalue weighted by atomic mass is 35.5. The second-order valence-electron chi connectivity index (χ2n) is 7.17. The first kappa shape index (κ1) is 23.5. The summed E-state index contributed by atoms with van der Waals surface area (Å²) in [5.41, 5.74) is 5.78. The fourth-order valence-corrected chi connectivity index (χ4v) is 3.06. The lowest BCUT2D eigenvalue weighted by molar-refractivity contribution is -0.148. The maximum Gasteiger partial charge on any atom is 0.398 e. The van der Waals surface area contributed by atoms with Crippen LogP contribution < -0.4 is 11.1 Å². The number of benzene rings is 1. The Morgan fingerprint density at radius 2 is 1.90 bits per heavy atom. The van der Waals surface area contributed by atoms with Crippen molar-refractivity contribution in [3.63, 3.8) is 0 Å². The molecule has 3 N–H and O–H groups in total. The average molecular weight is 434 g/mol. The number of alkyl halides is 3. The van der Waals surface area contributed by atoms with Crippen LogP contribution in [0.5, 0.6) is 0 Å². The number of aromatic nitrogens is 1. The van der Waals surface area contributed by atoms with Gasteiger partial charge < -0.3 is 15.8 Å². The Kier molecular flexibility index (Phi) is 7.62. The van der Waals surface area contributed by atoms with Crippen LogP contribution in [0.1, 0.15) is 31.0 Å². The van der Waals surface area contributed by atoms with Crippen molar-refractivity contribution in [2.45, 2.75) is 31.5 Å². The molecular formula is C20H24ClF4N3O. The summed E-state index contributed by atoms with van der Waals surface area (Å²) in [5, 5.41) is 3.11. The van der Waals surface area contributed by atoms with Crippen LogP contribution in [-0.4, -0.2) is 38.0 Å². The summed E-state index contributed by atoms with van der Waals surface area (Å²) in [7, 11) is 1.56. The maximum atomic E-state index is 13.5. The predicted molar refractivity (Wildman–Crippen MR) is 105 cm³/mol. The molecule has 2 rings (SSSR count). The molecule has 0 aliphatic heterocycles. The normalized spacial score (nSPS) is 13.6. The first-order chi connectivity index (χ1) is 13.5. The van der Waals surface area contributed by atoms with E-state index in [0.29, 0.717) is 24.3 Å². The summed E-state index contributed by atoms with van der Waals surface area (Å²) in [5.74, 6) is -2.55. The number of ether oxygens (including phenoxy) is 1. The van der Waals surface area contributed by atoms with Crippen molar-refractivity contribution in [2.75, 3.05) is 26.8 Å². The van der Waals surface area contributed by atoms with Gasteiger partial charge in [-0.15, -0.1) is 0 Å². The van der Waals surface area contributed by atoms with E-state index in [1.807, 2.05) is 13.8 Å². The van der Waals surface area contributed by atoms with Gasteiger partial charge in [0.05, 0.1) is 23.0 Å². The number of halogens is 5. The van der Waals surface area contributed by atoms with Gasteiger partial charge in [-0.2, -0.15) is 13.2 Å². The smallest absolute Gasteiger partial charge is 0.383 e. The number of rotatable bonds is 8. The number of nitrogens with two attached hydrogens (primary N) is 1. The zero-order valence-corrected chi connectivity index (χ0v) is 17.2. The third kappa shape index (κ3) is 5.88. The van der Waals surface area contributed by atoms with Crippen LogP contribution in [0.25, 0.3) is 11.3 Å². The molecule has 0 aliphatic carbocycles. The topological polar surface area (TPSA) is 60.2 Å². The third-order valence-electron chi connectivity index (χ3n) is 4.64. The Hall–Kier alpha value is -1.74. The lowest BCUT2D eigenvalue weighted by Crippen LogP contribution is -2.39. The Labute approximate surface area is 172 Å². The van der Waals surface area contributed by atoms with Crippen molar-refractivity contribution in [3.8, 4) is 11.3 Å². The molecule has 29 heavy (non-hydrogen) atoms. The van der Waals surface area contributed by atoms with Crippen molar-refractivity contribution in [3.05, 3.63) is 52.4 Å². The van der Waals surface area contributed by atoms with E-state index in [1.165, 1.54) is 18.2 Å². The number of nitrogens with zero attached hydrogens (tertiary/aromatic N) is 1. The van der Waals surface area contributed by atoms with Gasteiger partial charge in [0, 0.05) is 31.3 Å². The SMILES string of the molecule is COCCNC(C)(C)c1cc(-c2ccc(F)c(Cl)c2)nc(C(CN)C(F)(F)F)c1. The van der Waals surface area contributed by atoms with Gasteiger partial charge in [-0.1, -0.05) is 11.6 Å². The fourth-order valence-electron chi connectivity index (χ4n) is 2.88. The second kappa shape index (κ2) is 9.38. The van der Waals surface area contributed by atoms with Crippen molar-refractivity contribution in [2.24, 2.45) is 5.73 Å². The summed E-state index contributed by atoms with van der Waals surface area (Å²) in [4.78, 5) is 4.19. The zero-order valence-electron chi connectivity index (χ0n) is 16.4. The second-order valence-corrected chi connectivity index (χ2v) is 7.58. The molecular weight excluding hydrogens is 410 g/mol. The number of hydrogen-bond acceptors (Lipinski definition) is 4. The van der Waals surface area contributed by atoms with Crippen LogP contribution in [0, 0.1) is 5.82 Å². The van der Waals surface area contributed by atoms with E-state index in [1.54, 1.807) is 13.2 Å². The first-order valence-corrected chi connectivity index (χ1v) is 9.36. The molecule has 0 amide bonds. The Morgan fingerprint density at radius 1 is 1.21 bits per heavy atom. The standard InChI is InChI=1S/C20H24ClF4N3O/c1-19(2,27-6-7-29-3)13-9-17(12-4-5-16(22)15(21)8-12)28-18(10-13)14(11-26)20(23,24)25/h4-5,8-10,14,27H,6-7,11,26H2,1-3H3. The van der Waals surface area contributed by atoms with E-state index in [4.69, 9.17) is 22.1 Å². The molecule has 1 atom stereocenters. The number of hydrogen-bond donors (Lipinski definition) is 2. The Bertz CT molecular complexity index is 843. The van der Waals surface area contributed by atoms with Gasteiger partial charge in [-0.25, -0.2) is 4.39 Å². The largest absolute Gasteiger partial charge is 0.398 e. The van der Waals surface area contributed by atoms with Gasteiger partial charge in [0.2, 0.25) is 0 Å². The highest BCUT2D eigenvalue weighted by molar-refractivity contribution is 6.31. The van der Waals surface area contributed by atoms with Gasteiger partial charge in [-0.05, 0) is 49.7 Å². The summed E-state index contributed by atoms with van der Waals surface area (Å²) in [6, 6.07) is 6.98. The minimum absolute atomic E-state index is 0.139. The number of methoxy groups -OCH3 is 1. The highest BCUT2D eigenvalue weighted by Gasteiger charge is 2.41. The number of pyridine rings is 1. The highest BCUT2D eigenvalue weighted by Crippen LogP contribution is 2.36. The molecule has 0 fully saturated rings. The molecule has 160 valence electrons. The molecule has 0 aliphatic rings. The summed E-state index contributed by atoms with van der Waals surface area (Å²) in [6.07, 6.45) is -4.55. The fraction of sp³-hybridized carbons (Fsp3) is 0.450. The molecule has 1 aromatic heterocycles. The van der Waals surface area contributed by atoms with Crippen molar-refractivity contribution < 1.29 is 22.3 Å². The quantitative estimate of drug-likeness (QED) is 0.471. The van der Waals surface area contributed by atoms with E-state index < -0.39 is 30.0 Å². The van der Waals surface area contributed by atoms with Crippen LogP contribution in [0.4, 0.5) is 17.6 Å². The maximum absolute atomic E-state index is 13.5. The summed E-state index contributed by atoms with van der Waals surface area (Å²) >= 11 is 5.85. The van der Waals surface area contributed by atoms with Crippen LogP contribution in [0.15, 0.2) is 30.3 Å². The molecule has 0 spiro atoms. The third-order valence-corrected chi connectivity index (χ3v) is 4.93. The molecule has 0 saturated heterocycles. The van der Waals surface area contributed by atoms with E-state index in [0.717, 1.165) is 6.07 Å². The van der Waals surface area contributed by atoms with Gasteiger partial charge in [0.15, 0.2) is 0 Å². The number of nitrogens with one attached hydrogen (secondary N) is 1. The van der Waals surface area contributed by atoms with Gasteiger partial charge in [0.1, 0.15) is 11.7 Å². The molecule has 0 saturated carbocycles. The summed E-state index contributed by atoms with van der Waals surface area (Å²) < 4.78 is 59.1. The lowest BCUT2D eigenvalue weighted by atomic mass is 9.90. The molecule has 1 unspecified atom stereocenters. The van der Waals surface area contributed by atoms with Crippen LogP contribution >= 0.6 is 11.6 Å². The van der Waals surface area contributed by atoms with Crippen molar-refractivity contribution in [1.82, 2.24) is 10.3 Å². The summed E-state index contributed by atoms with van der Waals surface area (Å²) in [6.45, 7) is 3.98. The van der Waals surface area contributed by atoms with Crippen LogP contribution in [0.3, 0.4) is 0 Å². The van der Waals surface area contributed by atoms with Crippen LogP contribution in [0.2, 0.25) is 5.02 Å².